The quantitative estimate of drug-likeness (QED) is 0.793. The van der Waals surface area contributed by atoms with Crippen molar-refractivity contribution in [2.75, 3.05) is 31.9 Å². The van der Waals surface area contributed by atoms with Crippen LogP contribution in [0, 0.1) is 0 Å². The highest BCUT2D eigenvalue weighted by Gasteiger charge is 2.11. The summed E-state index contributed by atoms with van der Waals surface area (Å²) in [6, 6.07) is 7.73. The molecule has 1 fully saturated rings. The number of benzene rings is 1. The molecule has 0 spiro atoms. The van der Waals surface area contributed by atoms with Gasteiger partial charge in [0.15, 0.2) is 0 Å². The Hall–Kier alpha value is -2.40. The highest BCUT2D eigenvalue weighted by atomic mass is 15.2. The van der Waals surface area contributed by atoms with Crippen LogP contribution in [0.3, 0.4) is 0 Å². The zero-order valence-corrected chi connectivity index (χ0v) is 16.7. The number of hydrogen-bond acceptors (Lipinski definition) is 5. The molecular formula is C22H33N5. The Balaban J connectivity index is 0.000000171. The van der Waals surface area contributed by atoms with E-state index in [1.54, 1.807) is 6.20 Å². The van der Waals surface area contributed by atoms with Gasteiger partial charge in [0.25, 0.3) is 0 Å². The van der Waals surface area contributed by atoms with Gasteiger partial charge in [-0.2, -0.15) is 0 Å². The van der Waals surface area contributed by atoms with E-state index in [1.165, 1.54) is 51.0 Å². The summed E-state index contributed by atoms with van der Waals surface area (Å²) in [4.78, 5) is 10.4. The maximum absolute atomic E-state index is 5.40. The van der Waals surface area contributed by atoms with Crippen LogP contribution in [0.15, 0.2) is 54.4 Å². The number of nitrogens with one attached hydrogen (secondary N) is 1. The summed E-state index contributed by atoms with van der Waals surface area (Å²) in [7, 11) is 0. The maximum atomic E-state index is 5.40. The number of anilines is 1. The van der Waals surface area contributed by atoms with Crippen molar-refractivity contribution in [1.29, 1.82) is 0 Å². The Morgan fingerprint density at radius 1 is 1.15 bits per heavy atom. The van der Waals surface area contributed by atoms with Gasteiger partial charge >= 0.3 is 0 Å². The molecule has 3 N–H and O–H groups in total. The summed E-state index contributed by atoms with van der Waals surface area (Å²) >= 11 is 0. The maximum Gasteiger partial charge on any atom is 0.220 e. The third-order valence-corrected chi connectivity index (χ3v) is 4.25. The van der Waals surface area contributed by atoms with Crippen LogP contribution in [0.5, 0.6) is 0 Å². The molecular weight excluding hydrogens is 334 g/mol. The number of rotatable bonds is 1. The first-order valence-electron chi connectivity index (χ1n) is 10.0. The molecule has 1 saturated heterocycles. The fourth-order valence-electron chi connectivity index (χ4n) is 2.97. The number of nitrogens with zero attached hydrogens (tertiary/aromatic N) is 3. The normalized spacial score (nSPS) is 16.4. The molecule has 0 unspecified atom stereocenters. The monoisotopic (exact) mass is 367 g/mol. The second-order valence-electron chi connectivity index (χ2n) is 6.71. The topological polar surface area (TPSA) is 67.1 Å². The van der Waals surface area contributed by atoms with Crippen molar-refractivity contribution in [3.8, 4) is 0 Å². The average Bonchev–Trinajstić information content (AvgIpc) is 2.99. The Morgan fingerprint density at radius 3 is 2.74 bits per heavy atom. The summed E-state index contributed by atoms with van der Waals surface area (Å²) in [5.74, 6) is 0.323. The lowest BCUT2D eigenvalue weighted by Gasteiger charge is -2.26. The van der Waals surface area contributed by atoms with E-state index < -0.39 is 0 Å². The van der Waals surface area contributed by atoms with Gasteiger partial charge in [-0.05, 0) is 37.9 Å². The van der Waals surface area contributed by atoms with Gasteiger partial charge < -0.3 is 16.0 Å². The molecule has 0 amide bonds. The van der Waals surface area contributed by atoms with E-state index >= 15 is 0 Å². The fourth-order valence-corrected chi connectivity index (χ4v) is 2.97. The van der Waals surface area contributed by atoms with Crippen molar-refractivity contribution in [2.45, 2.75) is 39.5 Å². The molecule has 1 aromatic carbocycles. The van der Waals surface area contributed by atoms with E-state index in [2.05, 4.69) is 52.3 Å². The van der Waals surface area contributed by atoms with E-state index in [4.69, 9.17) is 5.73 Å². The minimum atomic E-state index is 0.323. The first-order chi connectivity index (χ1) is 13.2. The van der Waals surface area contributed by atoms with Crippen LogP contribution in [0.2, 0.25) is 0 Å². The molecule has 4 rings (SSSR count). The first kappa shape index (κ1) is 20.9. The molecule has 2 aromatic rings. The third kappa shape index (κ3) is 7.39. The van der Waals surface area contributed by atoms with E-state index in [1.807, 2.05) is 24.3 Å². The second kappa shape index (κ2) is 12.1. The van der Waals surface area contributed by atoms with Crippen LogP contribution in [0.4, 0.5) is 5.95 Å². The lowest BCUT2D eigenvalue weighted by molar-refractivity contribution is 0.353. The zero-order chi connectivity index (χ0) is 19.3. The summed E-state index contributed by atoms with van der Waals surface area (Å²) in [5.41, 5.74) is 7.82. The largest absolute Gasteiger partial charge is 0.373 e. The Morgan fingerprint density at radius 2 is 1.96 bits per heavy atom. The van der Waals surface area contributed by atoms with Crippen molar-refractivity contribution in [3.05, 3.63) is 54.4 Å². The van der Waals surface area contributed by atoms with E-state index in [0.29, 0.717) is 5.95 Å². The summed E-state index contributed by atoms with van der Waals surface area (Å²) < 4.78 is 0. The smallest absolute Gasteiger partial charge is 0.220 e. The van der Waals surface area contributed by atoms with Crippen LogP contribution in [-0.2, 0) is 0 Å². The lowest BCUT2D eigenvalue weighted by atomic mass is 10.1. The van der Waals surface area contributed by atoms with Gasteiger partial charge in [0.2, 0.25) is 5.95 Å². The minimum absolute atomic E-state index is 0.323. The number of fused-ring (bicyclic) bond motifs is 1. The number of nitrogen functional groups attached to an aromatic ring is 1. The molecule has 0 atom stereocenters. The molecule has 1 aromatic heterocycles. The van der Waals surface area contributed by atoms with Gasteiger partial charge in [-0.25, -0.2) is 9.97 Å². The summed E-state index contributed by atoms with van der Waals surface area (Å²) in [6.45, 7) is 8.98. The number of nitrogens with two attached hydrogens (primary N) is 1. The summed E-state index contributed by atoms with van der Waals surface area (Å²) in [5, 5.41) is 4.44. The van der Waals surface area contributed by atoms with Gasteiger partial charge in [0.05, 0.1) is 5.52 Å². The highest BCUT2D eigenvalue weighted by Crippen LogP contribution is 2.17. The number of aromatic nitrogens is 2. The van der Waals surface area contributed by atoms with Crippen LogP contribution in [0.25, 0.3) is 10.9 Å². The Kier molecular flexibility index (Phi) is 9.35. The van der Waals surface area contributed by atoms with Crippen molar-refractivity contribution < 1.29 is 0 Å². The van der Waals surface area contributed by atoms with Gasteiger partial charge in [-0.1, -0.05) is 50.6 Å². The lowest BCUT2D eigenvalue weighted by Crippen LogP contribution is -2.27. The molecule has 1 aliphatic carbocycles. The molecule has 2 aliphatic rings. The molecule has 146 valence electrons. The van der Waals surface area contributed by atoms with Crippen molar-refractivity contribution in [1.82, 2.24) is 20.2 Å². The summed E-state index contributed by atoms with van der Waals surface area (Å²) in [6.07, 6.45) is 13.4. The molecule has 1 aliphatic heterocycles. The van der Waals surface area contributed by atoms with Crippen LogP contribution in [0.1, 0.15) is 39.5 Å². The van der Waals surface area contributed by atoms with E-state index in [9.17, 15) is 0 Å². The van der Waals surface area contributed by atoms with Gasteiger partial charge in [-0.3, -0.25) is 0 Å². The number of allylic oxidation sites excluding steroid dienone is 4. The Labute approximate surface area is 163 Å². The first-order valence-corrected chi connectivity index (χ1v) is 10.0. The van der Waals surface area contributed by atoms with Crippen molar-refractivity contribution in [2.24, 2.45) is 0 Å². The van der Waals surface area contributed by atoms with Gasteiger partial charge in [-0.15, -0.1) is 0 Å². The SMILES string of the molecule is C1=CCCC(N2CCCNCC2)=C1.CCC.Nc1ncc2ccccc2n1. The molecule has 0 saturated carbocycles. The van der Waals surface area contributed by atoms with Gasteiger partial charge in [0.1, 0.15) is 0 Å². The highest BCUT2D eigenvalue weighted by molar-refractivity contribution is 5.78. The predicted molar refractivity (Wildman–Crippen MR) is 115 cm³/mol. The Bertz CT molecular complexity index is 730. The predicted octanol–water partition coefficient (Wildman–Crippen LogP) is 4.14. The van der Waals surface area contributed by atoms with Gasteiger partial charge in [0, 0.05) is 36.9 Å². The fraction of sp³-hybridized carbons (Fsp3) is 0.455. The number of para-hydroxylation sites is 1. The second-order valence-corrected chi connectivity index (χ2v) is 6.71. The van der Waals surface area contributed by atoms with Crippen LogP contribution >= 0.6 is 0 Å². The van der Waals surface area contributed by atoms with Crippen LogP contribution in [-0.4, -0.2) is 41.0 Å². The number of hydrogen-bond donors (Lipinski definition) is 2. The third-order valence-electron chi connectivity index (χ3n) is 4.25. The zero-order valence-electron chi connectivity index (χ0n) is 16.7. The molecule has 27 heavy (non-hydrogen) atoms. The van der Waals surface area contributed by atoms with Crippen molar-refractivity contribution >= 4 is 16.9 Å². The minimum Gasteiger partial charge on any atom is -0.373 e. The molecule has 0 bridgehead atoms. The van der Waals surface area contributed by atoms with Crippen molar-refractivity contribution in [3.63, 3.8) is 0 Å². The van der Waals surface area contributed by atoms with E-state index in [-0.39, 0.29) is 0 Å². The van der Waals surface area contributed by atoms with E-state index in [0.717, 1.165) is 17.4 Å². The molecule has 5 heteroatoms. The molecule has 5 nitrogen and oxygen atoms in total. The average molecular weight is 368 g/mol. The molecule has 0 radical (unpaired) electrons. The van der Waals surface area contributed by atoms with Crippen LogP contribution < -0.4 is 11.1 Å². The molecule has 2 heterocycles. The standard InChI is InChI=1S/C11H18N2.C8H7N3.C3H8/c1-2-5-11(6-3-1)13-9-4-7-12-8-10-13;9-8-10-5-6-3-1-2-4-7(6)11-8;1-3-2/h1-2,5,12H,3-4,6-10H2;1-5H,(H2,9,10,11);3H2,1-2H3.